The van der Waals surface area contributed by atoms with Crippen molar-refractivity contribution in [2.45, 2.75) is 26.4 Å². The van der Waals surface area contributed by atoms with Crippen LogP contribution in [-0.4, -0.2) is 18.2 Å². The number of carbonyl (C=O) groups excluding carboxylic acids is 1. The zero-order chi connectivity index (χ0) is 17.5. The van der Waals surface area contributed by atoms with E-state index in [9.17, 15) is 4.79 Å². The topological polar surface area (TPSA) is 50.7 Å². The van der Waals surface area contributed by atoms with E-state index in [1.54, 1.807) is 31.3 Å². The lowest BCUT2D eigenvalue weighted by molar-refractivity contribution is -0.127. The van der Waals surface area contributed by atoms with E-state index in [1.807, 2.05) is 24.3 Å². The number of nitrogens with one attached hydrogen (secondary N) is 1. The van der Waals surface area contributed by atoms with Gasteiger partial charge in [-0.3, -0.25) is 4.79 Å². The first-order chi connectivity index (χ1) is 11.5. The van der Waals surface area contributed by atoms with Crippen molar-refractivity contribution in [2.75, 3.05) is 0 Å². The van der Waals surface area contributed by atoms with Gasteiger partial charge in [-0.05, 0) is 42.7 Å². The lowest BCUT2D eigenvalue weighted by Gasteiger charge is -2.14. The number of halogens is 2. The second-order valence-electron chi connectivity index (χ2n) is 5.16. The van der Waals surface area contributed by atoms with Crippen LogP contribution in [0.25, 0.3) is 0 Å². The van der Waals surface area contributed by atoms with Gasteiger partial charge in [0, 0.05) is 5.02 Å². The third kappa shape index (κ3) is 5.25. The summed E-state index contributed by atoms with van der Waals surface area (Å²) in [7, 11) is 0. The largest absolute Gasteiger partial charge is 0.479 e. The smallest absolute Gasteiger partial charge is 0.280 e. The maximum atomic E-state index is 12.0. The average molecular weight is 365 g/mol. The van der Waals surface area contributed by atoms with Gasteiger partial charge in [0.2, 0.25) is 0 Å². The Kier molecular flexibility index (Phi) is 6.64. The molecular weight excluding hydrogens is 347 g/mol. The molecule has 6 heteroatoms. The number of aryl methyl sites for hydroxylation is 1. The Labute approximate surface area is 151 Å². The number of hydrogen-bond acceptors (Lipinski definition) is 3. The fraction of sp³-hybridized carbons (Fsp3) is 0.222. The predicted octanol–water partition coefficient (Wildman–Crippen LogP) is 4.47. The van der Waals surface area contributed by atoms with Crippen molar-refractivity contribution >= 4 is 35.3 Å². The van der Waals surface area contributed by atoms with Crippen LogP contribution in [0, 0.1) is 0 Å². The summed E-state index contributed by atoms with van der Waals surface area (Å²) in [4.78, 5) is 12.0. The summed E-state index contributed by atoms with van der Waals surface area (Å²) in [5.74, 6) is 0.0188. The quantitative estimate of drug-likeness (QED) is 0.606. The van der Waals surface area contributed by atoms with Crippen LogP contribution in [0.5, 0.6) is 5.75 Å². The third-order valence-electron chi connectivity index (χ3n) is 3.34. The molecule has 0 aliphatic heterocycles. The Morgan fingerprint density at radius 1 is 1.25 bits per heavy atom. The van der Waals surface area contributed by atoms with E-state index in [2.05, 4.69) is 17.5 Å². The standard InChI is InChI=1S/C18H18Cl2N2O2/c1-3-13-4-6-14(7-5-13)11-21-22-18(23)12(2)24-17-9-8-15(19)10-16(17)20/h4-12H,3H2,1-2H3,(H,22,23)/b21-11+. The average Bonchev–Trinajstić information content (AvgIpc) is 2.57. The van der Waals surface area contributed by atoms with Gasteiger partial charge in [0.05, 0.1) is 11.2 Å². The highest BCUT2D eigenvalue weighted by atomic mass is 35.5. The number of hydrazone groups is 1. The molecule has 0 aliphatic rings. The summed E-state index contributed by atoms with van der Waals surface area (Å²) in [5, 5.41) is 4.79. The van der Waals surface area contributed by atoms with Crippen LogP contribution in [0.2, 0.25) is 10.0 Å². The number of carbonyl (C=O) groups is 1. The first-order valence-corrected chi connectivity index (χ1v) is 8.28. The van der Waals surface area contributed by atoms with Gasteiger partial charge >= 0.3 is 0 Å². The SMILES string of the molecule is CCc1ccc(/C=N/NC(=O)C(C)Oc2ccc(Cl)cc2Cl)cc1. The van der Waals surface area contributed by atoms with Gasteiger partial charge in [0.15, 0.2) is 6.10 Å². The maximum absolute atomic E-state index is 12.0. The van der Waals surface area contributed by atoms with E-state index in [0.717, 1.165) is 12.0 Å². The molecule has 0 saturated heterocycles. The molecule has 0 spiro atoms. The van der Waals surface area contributed by atoms with Gasteiger partial charge < -0.3 is 4.74 Å². The second kappa shape index (κ2) is 8.71. The lowest BCUT2D eigenvalue weighted by atomic mass is 10.1. The van der Waals surface area contributed by atoms with Crippen LogP contribution in [0.15, 0.2) is 47.6 Å². The van der Waals surface area contributed by atoms with Crippen molar-refractivity contribution in [3.63, 3.8) is 0 Å². The van der Waals surface area contributed by atoms with Crippen LogP contribution in [0.1, 0.15) is 25.0 Å². The Morgan fingerprint density at radius 2 is 1.96 bits per heavy atom. The Morgan fingerprint density at radius 3 is 2.58 bits per heavy atom. The fourth-order valence-electron chi connectivity index (χ4n) is 1.92. The van der Waals surface area contributed by atoms with Crippen LogP contribution in [0.4, 0.5) is 0 Å². The molecule has 2 rings (SSSR count). The molecule has 0 heterocycles. The molecule has 24 heavy (non-hydrogen) atoms. The van der Waals surface area contributed by atoms with E-state index in [0.29, 0.717) is 15.8 Å². The molecule has 4 nitrogen and oxygen atoms in total. The lowest BCUT2D eigenvalue weighted by Crippen LogP contribution is -2.33. The van der Waals surface area contributed by atoms with Gasteiger partial charge in [-0.1, -0.05) is 54.4 Å². The van der Waals surface area contributed by atoms with Crippen molar-refractivity contribution in [1.29, 1.82) is 0 Å². The minimum absolute atomic E-state index is 0.349. The van der Waals surface area contributed by atoms with E-state index in [-0.39, 0.29) is 5.91 Å². The predicted molar refractivity (Wildman–Crippen MR) is 98.1 cm³/mol. The third-order valence-corrected chi connectivity index (χ3v) is 3.87. The highest BCUT2D eigenvalue weighted by molar-refractivity contribution is 6.35. The number of rotatable bonds is 6. The van der Waals surface area contributed by atoms with E-state index in [4.69, 9.17) is 27.9 Å². The van der Waals surface area contributed by atoms with E-state index >= 15 is 0 Å². The van der Waals surface area contributed by atoms with Crippen LogP contribution >= 0.6 is 23.2 Å². The van der Waals surface area contributed by atoms with Gasteiger partial charge in [-0.2, -0.15) is 5.10 Å². The zero-order valence-corrected chi connectivity index (χ0v) is 14.9. The molecule has 0 bridgehead atoms. The summed E-state index contributed by atoms with van der Waals surface area (Å²) >= 11 is 11.8. The molecule has 0 aliphatic carbocycles. The highest BCUT2D eigenvalue weighted by Gasteiger charge is 2.15. The van der Waals surface area contributed by atoms with Gasteiger partial charge in [-0.15, -0.1) is 0 Å². The molecule has 0 saturated carbocycles. The number of nitrogens with zero attached hydrogens (tertiary/aromatic N) is 1. The first-order valence-electron chi connectivity index (χ1n) is 7.53. The number of ether oxygens (including phenoxy) is 1. The highest BCUT2D eigenvalue weighted by Crippen LogP contribution is 2.28. The van der Waals surface area contributed by atoms with Crippen LogP contribution in [-0.2, 0) is 11.2 Å². The minimum atomic E-state index is -0.747. The second-order valence-corrected chi connectivity index (χ2v) is 6.01. The molecule has 0 fully saturated rings. The van der Waals surface area contributed by atoms with Crippen molar-refractivity contribution in [1.82, 2.24) is 5.43 Å². The first kappa shape index (κ1) is 18.3. The zero-order valence-electron chi connectivity index (χ0n) is 13.4. The summed E-state index contributed by atoms with van der Waals surface area (Å²) in [6.45, 7) is 3.71. The number of hydrogen-bond donors (Lipinski definition) is 1. The summed E-state index contributed by atoms with van der Waals surface area (Å²) in [6, 6.07) is 12.8. The van der Waals surface area contributed by atoms with Crippen molar-refractivity contribution in [3.05, 3.63) is 63.6 Å². The van der Waals surface area contributed by atoms with Gasteiger partial charge in [0.1, 0.15) is 5.75 Å². The Hall–Kier alpha value is -2.04. The fourth-order valence-corrected chi connectivity index (χ4v) is 2.37. The summed E-state index contributed by atoms with van der Waals surface area (Å²) in [6.07, 6.45) is 1.82. The van der Waals surface area contributed by atoms with Crippen molar-refractivity contribution in [3.8, 4) is 5.75 Å². The molecule has 2 aromatic carbocycles. The van der Waals surface area contributed by atoms with Crippen molar-refractivity contribution in [2.24, 2.45) is 5.10 Å². The van der Waals surface area contributed by atoms with Crippen molar-refractivity contribution < 1.29 is 9.53 Å². The molecule has 1 amide bonds. The molecule has 0 radical (unpaired) electrons. The monoisotopic (exact) mass is 364 g/mol. The van der Waals surface area contributed by atoms with Crippen LogP contribution < -0.4 is 10.2 Å². The molecule has 1 atom stereocenters. The van der Waals surface area contributed by atoms with E-state index < -0.39 is 6.10 Å². The number of benzene rings is 2. The van der Waals surface area contributed by atoms with Gasteiger partial charge in [0.25, 0.3) is 5.91 Å². The number of amides is 1. The molecule has 2 aromatic rings. The van der Waals surface area contributed by atoms with E-state index in [1.165, 1.54) is 5.56 Å². The molecule has 126 valence electrons. The normalized spacial score (nSPS) is 12.2. The van der Waals surface area contributed by atoms with Crippen LogP contribution in [0.3, 0.4) is 0 Å². The maximum Gasteiger partial charge on any atom is 0.280 e. The Bertz CT molecular complexity index is 730. The molecule has 1 unspecified atom stereocenters. The summed E-state index contributed by atoms with van der Waals surface area (Å²) < 4.78 is 5.52. The molecule has 0 aromatic heterocycles. The molecular formula is C18H18Cl2N2O2. The summed E-state index contributed by atoms with van der Waals surface area (Å²) in [5.41, 5.74) is 4.60. The Balaban J connectivity index is 1.89. The van der Waals surface area contributed by atoms with Gasteiger partial charge in [-0.25, -0.2) is 5.43 Å². The minimum Gasteiger partial charge on any atom is -0.479 e. The molecule has 1 N–H and O–H groups in total.